The van der Waals surface area contributed by atoms with Gasteiger partial charge in [-0.25, -0.2) is 8.42 Å². The molecule has 1 aliphatic carbocycles. The molecule has 1 amide bonds. The number of carbonyl (C=O) groups is 1. The number of furan rings is 1. The molecule has 0 spiro atoms. The van der Waals surface area contributed by atoms with Crippen LogP contribution in [0.5, 0.6) is 0 Å². The largest absolute Gasteiger partial charge is 0.456 e. The third-order valence-corrected chi connectivity index (χ3v) is 8.71. The second-order valence-electron chi connectivity index (χ2n) is 7.19. The SMILES string of the molecule is O=C1NC(=S)SC1=Cc1cc2cncc(C3=CCN(S(=O)(=O)C4CC4)CC3)c2o1. The number of nitrogens with one attached hydrogen (secondary N) is 1. The van der Waals surface area contributed by atoms with Crippen LogP contribution in [0.25, 0.3) is 22.6 Å². The maximum Gasteiger partial charge on any atom is 0.263 e. The maximum atomic E-state index is 12.4. The number of sulfonamides is 1. The molecular formula is C19H17N3O4S3. The van der Waals surface area contributed by atoms with Crippen LogP contribution in [0.1, 0.15) is 30.6 Å². The Hall–Kier alpha value is -2.01. The third kappa shape index (κ3) is 3.54. The summed E-state index contributed by atoms with van der Waals surface area (Å²) < 4.78 is 32.9. The van der Waals surface area contributed by atoms with E-state index in [0.29, 0.717) is 40.1 Å². The van der Waals surface area contributed by atoms with Crippen LogP contribution >= 0.6 is 24.0 Å². The summed E-state index contributed by atoms with van der Waals surface area (Å²) in [6.07, 6.45) is 9.21. The van der Waals surface area contributed by atoms with Gasteiger partial charge in [-0.05, 0) is 30.9 Å². The van der Waals surface area contributed by atoms with E-state index in [-0.39, 0.29) is 11.2 Å². The van der Waals surface area contributed by atoms with Crippen LogP contribution in [0.4, 0.5) is 0 Å². The zero-order chi connectivity index (χ0) is 20.2. The van der Waals surface area contributed by atoms with E-state index in [1.54, 1.807) is 22.8 Å². The molecule has 3 aliphatic rings. The van der Waals surface area contributed by atoms with Crippen LogP contribution < -0.4 is 5.32 Å². The molecule has 2 fully saturated rings. The molecule has 2 aliphatic heterocycles. The molecule has 150 valence electrons. The number of thioether (sulfide) groups is 1. The van der Waals surface area contributed by atoms with Crippen molar-refractivity contribution < 1.29 is 17.6 Å². The molecule has 2 aromatic rings. The lowest BCUT2D eigenvalue weighted by Gasteiger charge is -2.25. The van der Waals surface area contributed by atoms with Gasteiger partial charge in [0.15, 0.2) is 0 Å². The van der Waals surface area contributed by atoms with E-state index in [0.717, 1.165) is 29.4 Å². The third-order valence-electron chi connectivity index (χ3n) is 5.18. The molecule has 1 saturated heterocycles. The molecule has 0 atom stereocenters. The zero-order valence-corrected chi connectivity index (χ0v) is 17.7. The lowest BCUT2D eigenvalue weighted by molar-refractivity contribution is -0.115. The first-order valence-electron chi connectivity index (χ1n) is 9.22. The quantitative estimate of drug-likeness (QED) is 0.569. The van der Waals surface area contributed by atoms with Crippen LogP contribution in [0.2, 0.25) is 0 Å². The van der Waals surface area contributed by atoms with Crippen LogP contribution in [-0.2, 0) is 14.8 Å². The lowest BCUT2D eigenvalue weighted by atomic mass is 10.0. The van der Waals surface area contributed by atoms with Crippen molar-refractivity contribution in [1.29, 1.82) is 0 Å². The summed E-state index contributed by atoms with van der Waals surface area (Å²) >= 11 is 6.21. The first kappa shape index (κ1) is 19.0. The second kappa shape index (κ2) is 7.05. The lowest BCUT2D eigenvalue weighted by Crippen LogP contribution is -2.36. The minimum atomic E-state index is -3.16. The topological polar surface area (TPSA) is 92.5 Å². The van der Waals surface area contributed by atoms with Crippen molar-refractivity contribution in [3.05, 3.63) is 40.8 Å². The number of aromatic nitrogens is 1. The van der Waals surface area contributed by atoms with Crippen molar-refractivity contribution in [2.45, 2.75) is 24.5 Å². The maximum absolute atomic E-state index is 12.4. The van der Waals surface area contributed by atoms with Gasteiger partial charge in [0.25, 0.3) is 5.91 Å². The normalized spacial score (nSPS) is 22.3. The fraction of sp³-hybridized carbons (Fsp3) is 0.316. The van der Waals surface area contributed by atoms with Crippen molar-refractivity contribution in [2.24, 2.45) is 0 Å². The van der Waals surface area contributed by atoms with Gasteiger partial charge in [0.1, 0.15) is 15.7 Å². The fourth-order valence-corrected chi connectivity index (χ4v) is 6.34. The molecule has 7 nitrogen and oxygen atoms in total. The van der Waals surface area contributed by atoms with Crippen LogP contribution in [0, 0.1) is 0 Å². The number of rotatable bonds is 4. The monoisotopic (exact) mass is 447 g/mol. The number of thiocarbonyl (C=S) groups is 1. The van der Waals surface area contributed by atoms with Crippen molar-refractivity contribution in [2.75, 3.05) is 13.1 Å². The molecular weight excluding hydrogens is 430 g/mol. The molecule has 1 N–H and O–H groups in total. The Balaban J connectivity index is 1.45. The number of nitrogens with zero attached hydrogens (tertiary/aromatic N) is 2. The van der Waals surface area contributed by atoms with E-state index in [9.17, 15) is 13.2 Å². The molecule has 1 saturated carbocycles. The van der Waals surface area contributed by atoms with Crippen LogP contribution in [0.15, 0.2) is 33.9 Å². The molecule has 29 heavy (non-hydrogen) atoms. The molecule has 2 aromatic heterocycles. The Bertz CT molecular complexity index is 1210. The highest BCUT2D eigenvalue weighted by Crippen LogP contribution is 2.35. The number of hydrogen-bond donors (Lipinski definition) is 1. The molecule has 0 radical (unpaired) electrons. The molecule has 4 heterocycles. The number of hydrogen-bond acceptors (Lipinski definition) is 7. The highest BCUT2D eigenvalue weighted by molar-refractivity contribution is 8.26. The summed E-state index contributed by atoms with van der Waals surface area (Å²) in [5, 5.41) is 3.22. The summed E-state index contributed by atoms with van der Waals surface area (Å²) in [6.45, 7) is 0.837. The summed E-state index contributed by atoms with van der Waals surface area (Å²) in [4.78, 5) is 16.7. The van der Waals surface area contributed by atoms with Gasteiger partial charge in [0, 0.05) is 42.5 Å². The Labute approximate surface area is 177 Å². The van der Waals surface area contributed by atoms with Gasteiger partial charge >= 0.3 is 0 Å². The van der Waals surface area contributed by atoms with Gasteiger partial charge in [-0.1, -0.05) is 30.1 Å². The van der Waals surface area contributed by atoms with Gasteiger partial charge in [-0.15, -0.1) is 0 Å². The van der Waals surface area contributed by atoms with E-state index in [1.165, 1.54) is 11.8 Å². The van der Waals surface area contributed by atoms with E-state index in [4.69, 9.17) is 16.6 Å². The number of fused-ring (bicyclic) bond motifs is 1. The molecule has 0 aromatic carbocycles. The second-order valence-corrected chi connectivity index (χ2v) is 11.1. The standard InChI is InChI=1S/C19H17N3O4S3/c23-18-16(28-19(27)21-18)8-13-7-12-9-20-10-15(17(12)26-13)11-3-5-22(6-4-11)29(24,25)14-1-2-14/h3,7-10,14H,1-2,4-6H2,(H,21,23,27). The average molecular weight is 448 g/mol. The number of carbonyl (C=O) groups excluding carboxylic acids is 1. The van der Waals surface area contributed by atoms with E-state index in [2.05, 4.69) is 10.3 Å². The van der Waals surface area contributed by atoms with Gasteiger partial charge in [-0.3, -0.25) is 9.78 Å². The summed E-state index contributed by atoms with van der Waals surface area (Å²) in [5.74, 6) is 0.316. The van der Waals surface area contributed by atoms with Crippen LogP contribution in [0.3, 0.4) is 0 Å². The first-order valence-corrected chi connectivity index (χ1v) is 12.0. The van der Waals surface area contributed by atoms with Crippen molar-refractivity contribution in [3.8, 4) is 0 Å². The van der Waals surface area contributed by atoms with Gasteiger partial charge in [0.05, 0.1) is 10.2 Å². The highest BCUT2D eigenvalue weighted by atomic mass is 32.2. The average Bonchev–Trinajstić information content (AvgIpc) is 3.41. The summed E-state index contributed by atoms with van der Waals surface area (Å²) in [5.41, 5.74) is 2.56. The summed E-state index contributed by atoms with van der Waals surface area (Å²) in [7, 11) is -3.16. The number of pyridine rings is 1. The zero-order valence-electron chi connectivity index (χ0n) is 15.3. The van der Waals surface area contributed by atoms with Gasteiger partial charge in [0.2, 0.25) is 10.0 Å². The Morgan fingerprint density at radius 1 is 1.34 bits per heavy atom. The van der Waals surface area contributed by atoms with Crippen molar-refractivity contribution in [1.82, 2.24) is 14.6 Å². The van der Waals surface area contributed by atoms with Crippen molar-refractivity contribution in [3.63, 3.8) is 0 Å². The predicted molar refractivity (Wildman–Crippen MR) is 116 cm³/mol. The Morgan fingerprint density at radius 2 is 2.17 bits per heavy atom. The highest BCUT2D eigenvalue weighted by Gasteiger charge is 2.40. The summed E-state index contributed by atoms with van der Waals surface area (Å²) in [6, 6.07) is 1.83. The minimum absolute atomic E-state index is 0.193. The molecule has 5 rings (SSSR count). The van der Waals surface area contributed by atoms with E-state index < -0.39 is 10.0 Å². The van der Waals surface area contributed by atoms with E-state index >= 15 is 0 Å². The molecule has 10 heteroatoms. The van der Waals surface area contributed by atoms with Gasteiger partial charge < -0.3 is 9.73 Å². The smallest absolute Gasteiger partial charge is 0.263 e. The Kier molecular flexibility index (Phi) is 4.61. The van der Waals surface area contributed by atoms with E-state index in [1.807, 2.05) is 12.1 Å². The Morgan fingerprint density at radius 3 is 2.83 bits per heavy atom. The van der Waals surface area contributed by atoms with Crippen molar-refractivity contribution >= 4 is 66.8 Å². The number of amides is 1. The molecule has 0 bridgehead atoms. The van der Waals surface area contributed by atoms with Gasteiger partial charge in [-0.2, -0.15) is 4.31 Å². The first-order chi connectivity index (χ1) is 13.9. The predicted octanol–water partition coefficient (Wildman–Crippen LogP) is 2.90. The fourth-order valence-electron chi connectivity index (χ4n) is 3.54. The van der Waals surface area contributed by atoms with Crippen LogP contribution in [-0.4, -0.2) is 46.3 Å². The minimum Gasteiger partial charge on any atom is -0.456 e. The molecule has 0 unspecified atom stereocenters.